The number of aromatic amines is 1. The first-order valence-electron chi connectivity index (χ1n) is 8.15. The number of amides is 1. The molecule has 1 aliphatic heterocycles. The Hall–Kier alpha value is -1.88. The lowest BCUT2D eigenvalue weighted by Crippen LogP contribution is -2.59. The van der Waals surface area contributed by atoms with Crippen molar-refractivity contribution in [2.75, 3.05) is 6.54 Å². The highest BCUT2D eigenvalue weighted by molar-refractivity contribution is 6.04. The molecule has 1 saturated heterocycles. The highest BCUT2D eigenvalue weighted by Gasteiger charge is 2.47. The van der Waals surface area contributed by atoms with Gasteiger partial charge in [-0.3, -0.25) is 9.69 Å². The van der Waals surface area contributed by atoms with Gasteiger partial charge in [-0.15, -0.1) is 0 Å². The van der Waals surface area contributed by atoms with Crippen LogP contribution in [0.3, 0.4) is 0 Å². The molecule has 2 aliphatic rings. The summed E-state index contributed by atoms with van der Waals surface area (Å²) in [7, 11) is 0. The summed E-state index contributed by atoms with van der Waals surface area (Å²) in [5.74, 6) is 0.546. The number of benzene rings is 1. The zero-order valence-electron chi connectivity index (χ0n) is 12.9. The molecular formula is C17H22N4O. The van der Waals surface area contributed by atoms with E-state index in [2.05, 4.69) is 16.8 Å². The van der Waals surface area contributed by atoms with Gasteiger partial charge in [0, 0.05) is 12.6 Å². The molecule has 116 valence electrons. The summed E-state index contributed by atoms with van der Waals surface area (Å²) in [5.41, 5.74) is 7.52. The Balaban J connectivity index is 1.74. The molecule has 3 N–H and O–H groups in total. The number of likely N-dealkylation sites (tertiary alicyclic amines) is 1. The van der Waals surface area contributed by atoms with Gasteiger partial charge in [-0.2, -0.15) is 0 Å². The minimum Gasteiger partial charge on any atom is -0.366 e. The van der Waals surface area contributed by atoms with E-state index < -0.39 is 5.91 Å². The van der Waals surface area contributed by atoms with E-state index in [-0.39, 0.29) is 5.54 Å². The van der Waals surface area contributed by atoms with Crippen molar-refractivity contribution in [2.24, 2.45) is 5.73 Å². The summed E-state index contributed by atoms with van der Waals surface area (Å²) in [5, 5.41) is 0. The highest BCUT2D eigenvalue weighted by atomic mass is 16.1. The number of aromatic nitrogens is 2. The van der Waals surface area contributed by atoms with E-state index >= 15 is 0 Å². The van der Waals surface area contributed by atoms with Crippen LogP contribution >= 0.6 is 0 Å². The molecule has 1 aliphatic carbocycles. The van der Waals surface area contributed by atoms with Crippen LogP contribution in [0, 0.1) is 0 Å². The number of nitrogens with zero attached hydrogens (tertiary/aromatic N) is 2. The Kier molecular flexibility index (Phi) is 3.01. The second-order valence-corrected chi connectivity index (χ2v) is 6.81. The number of H-pyrrole nitrogens is 1. The molecule has 2 aromatic rings. The molecule has 5 heteroatoms. The van der Waals surface area contributed by atoms with Crippen molar-refractivity contribution in [2.45, 2.75) is 50.6 Å². The number of carbonyl (C=O) groups is 1. The van der Waals surface area contributed by atoms with Crippen LogP contribution in [-0.2, 0) is 5.54 Å². The molecule has 2 heterocycles. The van der Waals surface area contributed by atoms with Gasteiger partial charge in [-0.25, -0.2) is 4.98 Å². The van der Waals surface area contributed by atoms with Gasteiger partial charge in [0.15, 0.2) is 0 Å². The van der Waals surface area contributed by atoms with Crippen molar-refractivity contribution in [1.82, 2.24) is 14.9 Å². The van der Waals surface area contributed by atoms with Crippen LogP contribution in [0.1, 0.15) is 55.2 Å². The number of para-hydroxylation sites is 1. The summed E-state index contributed by atoms with van der Waals surface area (Å²) in [4.78, 5) is 22.4. The number of hydrogen-bond acceptors (Lipinski definition) is 3. The number of nitrogens with one attached hydrogen (secondary N) is 1. The molecule has 1 amide bonds. The summed E-state index contributed by atoms with van der Waals surface area (Å²) >= 11 is 0. The molecule has 1 unspecified atom stereocenters. The van der Waals surface area contributed by atoms with Gasteiger partial charge in [-0.1, -0.05) is 18.9 Å². The Labute approximate surface area is 129 Å². The smallest absolute Gasteiger partial charge is 0.250 e. The minimum absolute atomic E-state index is 0.0387. The zero-order valence-corrected chi connectivity index (χ0v) is 12.9. The topological polar surface area (TPSA) is 75.0 Å². The van der Waals surface area contributed by atoms with Crippen molar-refractivity contribution in [3.05, 3.63) is 29.6 Å². The molecule has 1 aromatic heterocycles. The number of carbonyl (C=O) groups excluding carboxylic acids is 1. The van der Waals surface area contributed by atoms with Crippen LogP contribution in [0.2, 0.25) is 0 Å². The SMILES string of the molecule is CC1(c2nc3c(C(N)=O)cccc3[nH]2)CCN1C1CCCC1. The molecule has 2 fully saturated rings. The average Bonchev–Trinajstić information content (AvgIpc) is 3.13. The molecule has 4 rings (SSSR count). The first-order chi connectivity index (χ1) is 10.6. The first-order valence-corrected chi connectivity index (χ1v) is 8.15. The fourth-order valence-corrected chi connectivity index (χ4v) is 4.12. The van der Waals surface area contributed by atoms with Gasteiger partial charge in [0.2, 0.25) is 0 Å². The minimum atomic E-state index is -0.421. The summed E-state index contributed by atoms with van der Waals surface area (Å²) in [6.07, 6.45) is 6.37. The maximum absolute atomic E-state index is 11.6. The van der Waals surface area contributed by atoms with Crippen molar-refractivity contribution in [3.63, 3.8) is 0 Å². The number of fused-ring (bicyclic) bond motifs is 1. The lowest BCUT2D eigenvalue weighted by molar-refractivity contribution is -0.0456. The number of nitrogens with two attached hydrogens (primary N) is 1. The molecule has 5 nitrogen and oxygen atoms in total. The van der Waals surface area contributed by atoms with E-state index in [1.807, 2.05) is 12.1 Å². The van der Waals surface area contributed by atoms with E-state index in [9.17, 15) is 4.79 Å². The molecule has 1 atom stereocenters. The Morgan fingerprint density at radius 2 is 2.18 bits per heavy atom. The maximum atomic E-state index is 11.6. The number of primary amides is 1. The third-order valence-corrected chi connectivity index (χ3v) is 5.53. The van der Waals surface area contributed by atoms with Crippen molar-refractivity contribution in [3.8, 4) is 0 Å². The van der Waals surface area contributed by atoms with E-state index in [1.54, 1.807) is 6.07 Å². The van der Waals surface area contributed by atoms with Gasteiger partial charge >= 0.3 is 0 Å². The van der Waals surface area contributed by atoms with Crippen LogP contribution in [-0.4, -0.2) is 33.4 Å². The fourth-order valence-electron chi connectivity index (χ4n) is 4.12. The second kappa shape index (κ2) is 4.81. The zero-order chi connectivity index (χ0) is 15.3. The number of hydrogen-bond donors (Lipinski definition) is 2. The van der Waals surface area contributed by atoms with E-state index in [0.29, 0.717) is 17.1 Å². The normalized spacial score (nSPS) is 26.4. The second-order valence-electron chi connectivity index (χ2n) is 6.81. The third-order valence-electron chi connectivity index (χ3n) is 5.53. The van der Waals surface area contributed by atoms with Gasteiger partial charge in [-0.05, 0) is 38.3 Å². The van der Waals surface area contributed by atoms with E-state index in [1.165, 1.54) is 25.7 Å². The summed E-state index contributed by atoms with van der Waals surface area (Å²) < 4.78 is 0. The average molecular weight is 298 g/mol. The number of imidazole rings is 1. The summed E-state index contributed by atoms with van der Waals surface area (Å²) in [6, 6.07) is 6.23. The first kappa shape index (κ1) is 13.8. The molecule has 0 bridgehead atoms. The molecule has 1 saturated carbocycles. The Morgan fingerprint density at radius 3 is 2.82 bits per heavy atom. The number of rotatable bonds is 3. The molecule has 0 spiro atoms. The quantitative estimate of drug-likeness (QED) is 0.914. The van der Waals surface area contributed by atoms with Crippen LogP contribution in [0.5, 0.6) is 0 Å². The summed E-state index contributed by atoms with van der Waals surface area (Å²) in [6.45, 7) is 3.40. The predicted octanol–water partition coefficient (Wildman–Crippen LogP) is 2.53. The molecular weight excluding hydrogens is 276 g/mol. The predicted molar refractivity (Wildman–Crippen MR) is 85.5 cm³/mol. The third kappa shape index (κ3) is 1.88. The molecule has 0 radical (unpaired) electrons. The maximum Gasteiger partial charge on any atom is 0.250 e. The van der Waals surface area contributed by atoms with Gasteiger partial charge in [0.05, 0.1) is 16.6 Å². The molecule has 22 heavy (non-hydrogen) atoms. The van der Waals surface area contributed by atoms with Crippen LogP contribution < -0.4 is 5.73 Å². The van der Waals surface area contributed by atoms with Crippen LogP contribution in [0.4, 0.5) is 0 Å². The lowest BCUT2D eigenvalue weighted by atomic mass is 9.83. The highest BCUT2D eigenvalue weighted by Crippen LogP contribution is 2.44. The lowest BCUT2D eigenvalue weighted by Gasteiger charge is -2.52. The standard InChI is InChI=1S/C17H22N4O/c1-17(9-10-21(17)11-5-2-3-6-11)16-19-13-8-4-7-12(15(18)22)14(13)20-16/h4,7-8,11H,2-3,5-6,9-10H2,1H3,(H2,18,22)(H,19,20). The Morgan fingerprint density at radius 1 is 1.41 bits per heavy atom. The van der Waals surface area contributed by atoms with Crippen LogP contribution in [0.25, 0.3) is 11.0 Å². The van der Waals surface area contributed by atoms with Crippen molar-refractivity contribution >= 4 is 16.9 Å². The van der Waals surface area contributed by atoms with E-state index in [4.69, 9.17) is 10.7 Å². The largest absolute Gasteiger partial charge is 0.366 e. The monoisotopic (exact) mass is 298 g/mol. The van der Waals surface area contributed by atoms with E-state index in [0.717, 1.165) is 24.3 Å². The van der Waals surface area contributed by atoms with Gasteiger partial charge in [0.1, 0.15) is 11.3 Å². The van der Waals surface area contributed by atoms with Crippen molar-refractivity contribution < 1.29 is 4.79 Å². The van der Waals surface area contributed by atoms with Gasteiger partial charge in [0.25, 0.3) is 5.91 Å². The molecule has 1 aromatic carbocycles. The van der Waals surface area contributed by atoms with Gasteiger partial charge < -0.3 is 10.7 Å². The van der Waals surface area contributed by atoms with Crippen LogP contribution in [0.15, 0.2) is 18.2 Å². The Bertz CT molecular complexity index is 731. The van der Waals surface area contributed by atoms with Crippen molar-refractivity contribution in [1.29, 1.82) is 0 Å². The fraction of sp³-hybridized carbons (Fsp3) is 0.529.